The van der Waals surface area contributed by atoms with Crippen LogP contribution in [0.15, 0.2) is 18.3 Å². The quantitative estimate of drug-likeness (QED) is 0.769. The molecule has 0 bridgehead atoms. The highest BCUT2D eigenvalue weighted by molar-refractivity contribution is 5.96. The molecule has 28 heavy (non-hydrogen) atoms. The van der Waals surface area contributed by atoms with E-state index in [1.807, 2.05) is 16.7 Å². The van der Waals surface area contributed by atoms with Crippen molar-refractivity contribution >= 4 is 11.8 Å². The number of hydrogen-bond donors (Lipinski definition) is 0. The van der Waals surface area contributed by atoms with Crippen LogP contribution in [-0.4, -0.2) is 83.9 Å². The number of aromatic nitrogens is 1. The fourth-order valence-corrected chi connectivity index (χ4v) is 4.24. The Balaban J connectivity index is 1.52. The smallest absolute Gasteiger partial charge is 0.259 e. The summed E-state index contributed by atoms with van der Waals surface area (Å²) in [6.07, 6.45) is 2.83. The summed E-state index contributed by atoms with van der Waals surface area (Å²) in [6, 6.07) is 3.51. The number of carbonyl (C=O) groups is 2. The molecule has 2 saturated heterocycles. The zero-order chi connectivity index (χ0) is 20.1. The second-order valence-electron chi connectivity index (χ2n) is 8.10. The molecule has 0 aromatic carbocycles. The number of amides is 2. The van der Waals surface area contributed by atoms with E-state index in [-0.39, 0.29) is 11.8 Å². The van der Waals surface area contributed by atoms with Gasteiger partial charge in [0.2, 0.25) is 11.8 Å². The SMILES string of the molecule is CCOc1ncccc1C(=O)N1CCN(CC(=O)N2CC(C)CC(C)C2)CC1. The lowest BCUT2D eigenvalue weighted by Gasteiger charge is -2.38. The van der Waals surface area contributed by atoms with Gasteiger partial charge in [0, 0.05) is 45.5 Å². The number of pyridine rings is 1. The molecule has 0 N–H and O–H groups in total. The van der Waals surface area contributed by atoms with Crippen LogP contribution in [0.25, 0.3) is 0 Å². The number of piperazine rings is 1. The molecule has 0 saturated carbocycles. The normalized spacial score (nSPS) is 23.5. The molecule has 2 aliphatic rings. The average molecular weight is 389 g/mol. The van der Waals surface area contributed by atoms with Gasteiger partial charge in [-0.3, -0.25) is 14.5 Å². The summed E-state index contributed by atoms with van der Waals surface area (Å²) < 4.78 is 5.49. The summed E-state index contributed by atoms with van der Waals surface area (Å²) in [5, 5.41) is 0. The van der Waals surface area contributed by atoms with Crippen LogP contribution in [0.5, 0.6) is 5.88 Å². The van der Waals surface area contributed by atoms with E-state index in [9.17, 15) is 9.59 Å². The van der Waals surface area contributed by atoms with Crippen molar-refractivity contribution in [3.8, 4) is 5.88 Å². The van der Waals surface area contributed by atoms with Crippen LogP contribution in [-0.2, 0) is 4.79 Å². The number of nitrogens with zero attached hydrogens (tertiary/aromatic N) is 4. The number of rotatable bonds is 5. The van der Waals surface area contributed by atoms with Crippen molar-refractivity contribution in [3.05, 3.63) is 23.9 Å². The van der Waals surface area contributed by atoms with Crippen molar-refractivity contribution in [1.29, 1.82) is 0 Å². The number of likely N-dealkylation sites (tertiary alicyclic amines) is 1. The van der Waals surface area contributed by atoms with E-state index in [1.165, 1.54) is 6.42 Å². The minimum absolute atomic E-state index is 0.0544. The molecule has 7 heteroatoms. The molecule has 0 radical (unpaired) electrons. The third kappa shape index (κ3) is 5.01. The van der Waals surface area contributed by atoms with Crippen molar-refractivity contribution in [2.24, 2.45) is 11.8 Å². The van der Waals surface area contributed by atoms with Gasteiger partial charge in [-0.05, 0) is 37.3 Å². The maximum absolute atomic E-state index is 12.9. The first-order chi connectivity index (χ1) is 13.5. The van der Waals surface area contributed by atoms with Crippen molar-refractivity contribution in [3.63, 3.8) is 0 Å². The lowest BCUT2D eigenvalue weighted by atomic mass is 9.92. The minimum Gasteiger partial charge on any atom is -0.477 e. The molecule has 2 aliphatic heterocycles. The fraction of sp³-hybridized carbons (Fsp3) is 0.667. The van der Waals surface area contributed by atoms with Crippen molar-refractivity contribution in [2.75, 3.05) is 52.4 Å². The highest BCUT2D eigenvalue weighted by atomic mass is 16.5. The Kier molecular flexibility index (Phi) is 6.88. The molecule has 7 nitrogen and oxygen atoms in total. The largest absolute Gasteiger partial charge is 0.477 e. The Bertz CT molecular complexity index is 678. The van der Waals surface area contributed by atoms with Crippen LogP contribution in [0.3, 0.4) is 0 Å². The number of hydrogen-bond acceptors (Lipinski definition) is 5. The maximum atomic E-state index is 12.9. The van der Waals surface area contributed by atoms with Gasteiger partial charge < -0.3 is 14.5 Å². The first-order valence-electron chi connectivity index (χ1n) is 10.3. The predicted molar refractivity (Wildman–Crippen MR) is 107 cm³/mol. The lowest BCUT2D eigenvalue weighted by molar-refractivity contribution is -0.135. The second-order valence-corrected chi connectivity index (χ2v) is 8.10. The molecule has 0 spiro atoms. The Labute approximate surface area is 167 Å². The molecule has 2 atom stereocenters. The van der Waals surface area contributed by atoms with Gasteiger partial charge in [0.15, 0.2) is 0 Å². The molecule has 0 aliphatic carbocycles. The molecule has 3 rings (SSSR count). The average Bonchev–Trinajstić information content (AvgIpc) is 2.68. The second kappa shape index (κ2) is 9.37. The van der Waals surface area contributed by atoms with Crippen molar-refractivity contribution in [1.82, 2.24) is 19.7 Å². The molecule has 3 heterocycles. The van der Waals surface area contributed by atoms with E-state index < -0.39 is 0 Å². The first kappa shape index (κ1) is 20.6. The first-order valence-corrected chi connectivity index (χ1v) is 10.3. The molecular formula is C21H32N4O3. The summed E-state index contributed by atoms with van der Waals surface area (Å²) in [5.41, 5.74) is 0.505. The Morgan fingerprint density at radius 3 is 2.43 bits per heavy atom. The highest BCUT2D eigenvalue weighted by Crippen LogP contribution is 2.21. The lowest BCUT2D eigenvalue weighted by Crippen LogP contribution is -2.53. The topological polar surface area (TPSA) is 66.0 Å². The van der Waals surface area contributed by atoms with Gasteiger partial charge in [-0.25, -0.2) is 4.98 Å². The monoisotopic (exact) mass is 388 g/mol. The van der Waals surface area contributed by atoms with E-state index in [0.29, 0.717) is 62.6 Å². The summed E-state index contributed by atoms with van der Waals surface area (Å²) in [6.45, 7) is 11.6. The molecule has 2 unspecified atom stereocenters. The Morgan fingerprint density at radius 1 is 1.11 bits per heavy atom. The minimum atomic E-state index is -0.0544. The van der Waals surface area contributed by atoms with E-state index in [1.54, 1.807) is 18.3 Å². The van der Waals surface area contributed by atoms with Crippen LogP contribution in [0.2, 0.25) is 0 Å². The van der Waals surface area contributed by atoms with Crippen LogP contribution >= 0.6 is 0 Å². The van der Waals surface area contributed by atoms with Crippen molar-refractivity contribution < 1.29 is 14.3 Å². The molecule has 1 aromatic rings. The molecule has 154 valence electrons. The van der Waals surface area contributed by atoms with Gasteiger partial charge in [0.1, 0.15) is 5.56 Å². The van der Waals surface area contributed by atoms with Crippen LogP contribution in [0, 0.1) is 11.8 Å². The van der Waals surface area contributed by atoms with Gasteiger partial charge in [-0.15, -0.1) is 0 Å². The van der Waals surface area contributed by atoms with Gasteiger partial charge in [0.05, 0.1) is 13.2 Å². The van der Waals surface area contributed by atoms with Crippen molar-refractivity contribution in [2.45, 2.75) is 27.2 Å². The number of piperidine rings is 1. The maximum Gasteiger partial charge on any atom is 0.259 e. The standard InChI is InChI=1S/C21H32N4O3/c1-4-28-20-18(6-5-7-22-20)21(27)24-10-8-23(9-11-24)15-19(26)25-13-16(2)12-17(3)14-25/h5-7,16-17H,4,8-15H2,1-3H3. The zero-order valence-electron chi connectivity index (χ0n) is 17.3. The van der Waals surface area contributed by atoms with Crippen LogP contribution in [0.1, 0.15) is 37.6 Å². The van der Waals surface area contributed by atoms with Crippen LogP contribution in [0.4, 0.5) is 0 Å². The number of carbonyl (C=O) groups excluding carboxylic acids is 2. The fourth-order valence-electron chi connectivity index (χ4n) is 4.24. The highest BCUT2D eigenvalue weighted by Gasteiger charge is 2.29. The third-order valence-electron chi connectivity index (χ3n) is 5.52. The molecule has 2 amide bonds. The predicted octanol–water partition coefficient (Wildman–Crippen LogP) is 1.74. The summed E-state index contributed by atoms with van der Waals surface area (Å²) in [4.78, 5) is 35.7. The van der Waals surface area contributed by atoms with E-state index in [4.69, 9.17) is 4.74 Å². The van der Waals surface area contributed by atoms with Gasteiger partial charge in [-0.2, -0.15) is 0 Å². The van der Waals surface area contributed by atoms with Crippen LogP contribution < -0.4 is 4.74 Å². The Morgan fingerprint density at radius 2 is 1.79 bits per heavy atom. The molecule has 2 fully saturated rings. The summed E-state index contributed by atoms with van der Waals surface area (Å²) >= 11 is 0. The van der Waals surface area contributed by atoms with E-state index in [0.717, 1.165) is 13.1 Å². The molecular weight excluding hydrogens is 356 g/mol. The van der Waals surface area contributed by atoms with E-state index in [2.05, 4.69) is 23.7 Å². The number of ether oxygens (including phenoxy) is 1. The van der Waals surface area contributed by atoms with Gasteiger partial charge in [0.25, 0.3) is 5.91 Å². The zero-order valence-corrected chi connectivity index (χ0v) is 17.3. The van der Waals surface area contributed by atoms with Gasteiger partial charge in [-0.1, -0.05) is 13.8 Å². The van der Waals surface area contributed by atoms with E-state index >= 15 is 0 Å². The third-order valence-corrected chi connectivity index (χ3v) is 5.52. The Hall–Kier alpha value is -2.15. The summed E-state index contributed by atoms with van der Waals surface area (Å²) in [5.74, 6) is 1.69. The van der Waals surface area contributed by atoms with Gasteiger partial charge >= 0.3 is 0 Å². The molecule has 1 aromatic heterocycles. The summed E-state index contributed by atoms with van der Waals surface area (Å²) in [7, 11) is 0.